The van der Waals surface area contributed by atoms with Gasteiger partial charge in [0.05, 0.1) is 4.92 Å². The number of urea groups is 1. The van der Waals surface area contributed by atoms with Gasteiger partial charge >= 0.3 is 18.2 Å². The summed E-state index contributed by atoms with van der Waals surface area (Å²) in [5.74, 6) is -2.76. The van der Waals surface area contributed by atoms with Crippen molar-refractivity contribution in [3.05, 3.63) is 39.9 Å². The zero-order valence-corrected chi connectivity index (χ0v) is 16.4. The van der Waals surface area contributed by atoms with Crippen LogP contribution < -0.4 is 10.6 Å². The number of nitrogens with one attached hydrogen (secondary N) is 2. The number of nitrogens with zero attached hydrogens (tertiary/aromatic N) is 2. The Labute approximate surface area is 171 Å². The SMILES string of the molecule is CCCN(C(=O)NCc1ccc([N+](=O)[O-])cc1)C1CCNCC1.O=C(O)C(F)(F)F. The zero-order chi connectivity index (χ0) is 22.7. The lowest BCUT2D eigenvalue weighted by atomic mass is 10.0. The lowest BCUT2D eigenvalue weighted by Crippen LogP contribution is -2.50. The average molecular weight is 434 g/mol. The van der Waals surface area contributed by atoms with Gasteiger partial charge in [0.25, 0.3) is 5.69 Å². The third-order valence-electron chi connectivity index (χ3n) is 4.31. The molecular weight excluding hydrogens is 409 g/mol. The van der Waals surface area contributed by atoms with Crippen LogP contribution in [0.5, 0.6) is 0 Å². The molecule has 12 heteroatoms. The molecule has 30 heavy (non-hydrogen) atoms. The van der Waals surface area contributed by atoms with E-state index in [1.165, 1.54) is 12.1 Å². The van der Waals surface area contributed by atoms with Crippen LogP contribution in [-0.4, -0.2) is 58.8 Å². The van der Waals surface area contributed by atoms with Gasteiger partial charge in [-0.05, 0) is 37.9 Å². The highest BCUT2D eigenvalue weighted by Crippen LogP contribution is 2.15. The molecule has 0 aliphatic carbocycles. The van der Waals surface area contributed by atoms with Gasteiger partial charge < -0.3 is 20.6 Å². The number of hydrogen-bond acceptors (Lipinski definition) is 5. The highest BCUT2D eigenvalue weighted by Gasteiger charge is 2.38. The highest BCUT2D eigenvalue weighted by molar-refractivity contribution is 5.74. The number of piperidine rings is 1. The fraction of sp³-hybridized carbons (Fsp3) is 0.556. The van der Waals surface area contributed by atoms with E-state index in [0.717, 1.165) is 44.5 Å². The summed E-state index contributed by atoms with van der Waals surface area (Å²) in [6.07, 6.45) is -2.20. The molecule has 0 saturated carbocycles. The van der Waals surface area contributed by atoms with Crippen LogP contribution in [0, 0.1) is 10.1 Å². The summed E-state index contributed by atoms with van der Waals surface area (Å²) in [6.45, 7) is 5.08. The van der Waals surface area contributed by atoms with Crippen LogP contribution in [0.2, 0.25) is 0 Å². The van der Waals surface area contributed by atoms with Gasteiger partial charge in [-0.2, -0.15) is 13.2 Å². The molecule has 168 valence electrons. The first-order chi connectivity index (χ1) is 14.1. The summed E-state index contributed by atoms with van der Waals surface area (Å²) < 4.78 is 31.7. The molecular formula is C18H25F3N4O5. The molecule has 0 unspecified atom stereocenters. The summed E-state index contributed by atoms with van der Waals surface area (Å²) in [4.78, 5) is 33.5. The topological polar surface area (TPSA) is 125 Å². The molecule has 1 fully saturated rings. The standard InChI is InChI=1S/C16H24N4O3.C2HF3O2/c1-2-11-19(14-7-9-17-10-8-14)16(21)18-12-13-3-5-15(6-4-13)20(22)23;3-2(4,5)1(6)7/h3-6,14,17H,2,7-12H2,1H3,(H,18,21);(H,6,7). The zero-order valence-electron chi connectivity index (χ0n) is 16.4. The molecule has 2 rings (SSSR count). The maximum atomic E-state index is 12.5. The van der Waals surface area contributed by atoms with Gasteiger partial charge in [0.2, 0.25) is 0 Å². The normalized spacial score (nSPS) is 14.3. The Balaban J connectivity index is 0.000000553. The first-order valence-corrected chi connectivity index (χ1v) is 9.34. The van der Waals surface area contributed by atoms with Gasteiger partial charge in [0, 0.05) is 31.3 Å². The Bertz CT molecular complexity index is 707. The molecule has 1 aliphatic rings. The van der Waals surface area contributed by atoms with Crippen molar-refractivity contribution in [2.45, 2.75) is 44.9 Å². The molecule has 0 bridgehead atoms. The number of non-ortho nitro benzene ring substituents is 1. The maximum Gasteiger partial charge on any atom is 0.490 e. The number of halogens is 3. The smallest absolute Gasteiger partial charge is 0.475 e. The van der Waals surface area contributed by atoms with Crippen LogP contribution in [0.3, 0.4) is 0 Å². The summed E-state index contributed by atoms with van der Waals surface area (Å²) in [6, 6.07) is 6.49. The molecule has 2 amide bonds. The van der Waals surface area contributed by atoms with E-state index in [1.807, 2.05) is 4.90 Å². The van der Waals surface area contributed by atoms with Crippen LogP contribution in [0.25, 0.3) is 0 Å². The molecule has 0 radical (unpaired) electrons. The number of nitro benzene ring substituents is 1. The lowest BCUT2D eigenvalue weighted by molar-refractivity contribution is -0.384. The van der Waals surface area contributed by atoms with Gasteiger partial charge in [-0.25, -0.2) is 9.59 Å². The van der Waals surface area contributed by atoms with Crippen molar-refractivity contribution in [3.63, 3.8) is 0 Å². The number of carbonyl (C=O) groups excluding carboxylic acids is 1. The van der Waals surface area contributed by atoms with Crippen molar-refractivity contribution in [3.8, 4) is 0 Å². The van der Waals surface area contributed by atoms with Crippen LogP contribution in [0.4, 0.5) is 23.7 Å². The number of hydrogen-bond donors (Lipinski definition) is 3. The van der Waals surface area contributed by atoms with Gasteiger partial charge in [0.15, 0.2) is 0 Å². The molecule has 1 aliphatic heterocycles. The predicted octanol–water partition coefficient (Wildman–Crippen LogP) is 2.90. The molecule has 1 saturated heterocycles. The number of alkyl halides is 3. The maximum absolute atomic E-state index is 12.5. The first-order valence-electron chi connectivity index (χ1n) is 9.34. The van der Waals surface area contributed by atoms with E-state index in [4.69, 9.17) is 9.90 Å². The monoisotopic (exact) mass is 434 g/mol. The second kappa shape index (κ2) is 12.0. The van der Waals surface area contributed by atoms with E-state index in [1.54, 1.807) is 12.1 Å². The summed E-state index contributed by atoms with van der Waals surface area (Å²) in [5.41, 5.74) is 0.910. The molecule has 3 N–H and O–H groups in total. The van der Waals surface area contributed by atoms with Gasteiger partial charge in [-0.3, -0.25) is 10.1 Å². The lowest BCUT2D eigenvalue weighted by Gasteiger charge is -2.34. The second-order valence-corrected chi connectivity index (χ2v) is 6.56. The molecule has 0 aromatic heterocycles. The Morgan fingerprint density at radius 3 is 2.23 bits per heavy atom. The number of amides is 2. The Morgan fingerprint density at radius 2 is 1.80 bits per heavy atom. The molecule has 9 nitrogen and oxygen atoms in total. The Morgan fingerprint density at radius 1 is 1.27 bits per heavy atom. The average Bonchev–Trinajstić information content (AvgIpc) is 2.71. The number of carboxylic acids is 1. The number of rotatable bonds is 6. The van der Waals surface area contributed by atoms with E-state index in [-0.39, 0.29) is 17.8 Å². The van der Waals surface area contributed by atoms with Gasteiger partial charge in [-0.15, -0.1) is 0 Å². The van der Waals surface area contributed by atoms with Crippen molar-refractivity contribution < 1.29 is 32.8 Å². The quantitative estimate of drug-likeness (QED) is 0.467. The third kappa shape index (κ3) is 8.64. The second-order valence-electron chi connectivity index (χ2n) is 6.56. The fourth-order valence-electron chi connectivity index (χ4n) is 2.82. The predicted molar refractivity (Wildman–Crippen MR) is 102 cm³/mol. The summed E-state index contributed by atoms with van der Waals surface area (Å²) in [7, 11) is 0. The van der Waals surface area contributed by atoms with Crippen LogP contribution >= 0.6 is 0 Å². The minimum atomic E-state index is -5.08. The van der Waals surface area contributed by atoms with Crippen molar-refractivity contribution in [2.24, 2.45) is 0 Å². The van der Waals surface area contributed by atoms with E-state index in [9.17, 15) is 28.1 Å². The highest BCUT2D eigenvalue weighted by atomic mass is 19.4. The molecule has 1 heterocycles. The number of aliphatic carboxylic acids is 1. The minimum absolute atomic E-state index is 0.0578. The third-order valence-corrected chi connectivity index (χ3v) is 4.31. The minimum Gasteiger partial charge on any atom is -0.475 e. The van der Waals surface area contributed by atoms with Crippen LogP contribution in [-0.2, 0) is 11.3 Å². The fourth-order valence-corrected chi connectivity index (χ4v) is 2.82. The van der Waals surface area contributed by atoms with Crippen molar-refractivity contribution in [1.29, 1.82) is 0 Å². The van der Waals surface area contributed by atoms with Crippen molar-refractivity contribution >= 4 is 17.7 Å². The number of nitro groups is 1. The molecule has 1 aromatic rings. The largest absolute Gasteiger partial charge is 0.490 e. The van der Waals surface area contributed by atoms with E-state index in [0.29, 0.717) is 6.54 Å². The van der Waals surface area contributed by atoms with E-state index < -0.39 is 17.1 Å². The number of benzene rings is 1. The van der Waals surface area contributed by atoms with Gasteiger partial charge in [0.1, 0.15) is 0 Å². The Kier molecular flexibility index (Phi) is 10.0. The van der Waals surface area contributed by atoms with Crippen LogP contribution in [0.1, 0.15) is 31.7 Å². The van der Waals surface area contributed by atoms with E-state index in [2.05, 4.69) is 17.6 Å². The Hall–Kier alpha value is -2.89. The first kappa shape index (κ1) is 25.1. The van der Waals surface area contributed by atoms with Crippen molar-refractivity contribution in [2.75, 3.05) is 19.6 Å². The van der Waals surface area contributed by atoms with Crippen molar-refractivity contribution in [1.82, 2.24) is 15.5 Å². The number of carbonyl (C=O) groups is 2. The number of carboxylic acid groups (broad SMARTS) is 1. The molecule has 0 spiro atoms. The van der Waals surface area contributed by atoms with E-state index >= 15 is 0 Å². The van der Waals surface area contributed by atoms with Crippen LogP contribution in [0.15, 0.2) is 24.3 Å². The summed E-state index contributed by atoms with van der Waals surface area (Å²) >= 11 is 0. The summed E-state index contributed by atoms with van der Waals surface area (Å²) in [5, 5.41) is 24.0. The molecule has 1 aromatic carbocycles. The van der Waals surface area contributed by atoms with Gasteiger partial charge in [-0.1, -0.05) is 19.1 Å². The molecule has 0 atom stereocenters.